The van der Waals surface area contributed by atoms with E-state index in [4.69, 9.17) is 0 Å². The minimum atomic E-state index is -0.438. The molecule has 1 aromatic carbocycles. The molecule has 0 aliphatic heterocycles. The summed E-state index contributed by atoms with van der Waals surface area (Å²) in [5.41, 5.74) is 1.51. The van der Waals surface area contributed by atoms with Crippen LogP contribution in [-0.4, -0.2) is 22.1 Å². The van der Waals surface area contributed by atoms with Crippen LogP contribution >= 0.6 is 11.8 Å². The van der Waals surface area contributed by atoms with Crippen LogP contribution < -0.4 is 5.32 Å². The third-order valence-electron chi connectivity index (χ3n) is 3.13. The molecule has 0 radical (unpaired) electrons. The maximum absolute atomic E-state index is 12.2. The van der Waals surface area contributed by atoms with Crippen molar-refractivity contribution in [3.63, 3.8) is 0 Å². The summed E-state index contributed by atoms with van der Waals surface area (Å²) < 4.78 is 0. The number of pyridine rings is 1. The lowest BCUT2D eigenvalue weighted by molar-refractivity contribution is -0.385. The molecular weight excluding hydrogens is 302 g/mol. The zero-order valence-corrected chi connectivity index (χ0v) is 13.0. The van der Waals surface area contributed by atoms with E-state index in [0.29, 0.717) is 23.2 Å². The van der Waals surface area contributed by atoms with E-state index in [1.54, 1.807) is 30.5 Å². The number of anilines is 1. The summed E-state index contributed by atoms with van der Waals surface area (Å²) in [6.45, 7) is 1.85. The van der Waals surface area contributed by atoms with Gasteiger partial charge in [0.1, 0.15) is 0 Å². The average Bonchev–Trinajstić information content (AvgIpc) is 2.54. The van der Waals surface area contributed by atoms with Crippen molar-refractivity contribution >= 4 is 29.0 Å². The van der Waals surface area contributed by atoms with E-state index in [0.717, 1.165) is 5.03 Å². The smallest absolute Gasteiger partial charge is 0.274 e. The first-order chi connectivity index (χ1) is 10.5. The molecule has 1 amide bonds. The van der Waals surface area contributed by atoms with E-state index in [1.807, 2.05) is 13.2 Å². The van der Waals surface area contributed by atoms with E-state index >= 15 is 0 Å². The molecule has 0 saturated carbocycles. The van der Waals surface area contributed by atoms with Crippen LogP contribution in [0.2, 0.25) is 0 Å². The summed E-state index contributed by atoms with van der Waals surface area (Å²) >= 11 is 1.44. The van der Waals surface area contributed by atoms with Crippen LogP contribution in [0.1, 0.15) is 22.8 Å². The number of amides is 1. The molecule has 22 heavy (non-hydrogen) atoms. The zero-order valence-electron chi connectivity index (χ0n) is 12.2. The summed E-state index contributed by atoms with van der Waals surface area (Å²) in [7, 11) is 0. The Balaban J connectivity index is 2.24. The van der Waals surface area contributed by atoms with Crippen molar-refractivity contribution in [1.82, 2.24) is 4.98 Å². The number of nitro benzene ring substituents is 1. The Morgan fingerprint density at radius 2 is 2.14 bits per heavy atom. The van der Waals surface area contributed by atoms with Gasteiger partial charge in [0.25, 0.3) is 11.6 Å². The number of rotatable bonds is 5. The fourth-order valence-electron chi connectivity index (χ4n) is 1.98. The summed E-state index contributed by atoms with van der Waals surface area (Å²) in [4.78, 5) is 26.9. The fourth-order valence-corrected chi connectivity index (χ4v) is 2.39. The van der Waals surface area contributed by atoms with Gasteiger partial charge in [-0.25, -0.2) is 4.98 Å². The maximum Gasteiger partial charge on any atom is 0.274 e. The molecule has 0 aliphatic carbocycles. The molecule has 0 unspecified atom stereocenters. The van der Waals surface area contributed by atoms with Gasteiger partial charge in [-0.15, -0.1) is 11.8 Å². The van der Waals surface area contributed by atoms with Crippen molar-refractivity contribution in [2.75, 3.05) is 11.6 Å². The van der Waals surface area contributed by atoms with E-state index in [9.17, 15) is 14.9 Å². The SMILES string of the molecule is CCc1ccc(NC(=O)c2ccnc(SC)c2)cc1[N+](=O)[O-]. The monoisotopic (exact) mass is 317 g/mol. The number of aryl methyl sites for hydroxylation is 1. The van der Waals surface area contributed by atoms with Crippen molar-refractivity contribution < 1.29 is 9.72 Å². The van der Waals surface area contributed by atoms with Crippen molar-refractivity contribution in [3.05, 3.63) is 57.8 Å². The Bertz CT molecular complexity index is 719. The molecule has 0 bridgehead atoms. The van der Waals surface area contributed by atoms with Gasteiger partial charge in [-0.05, 0) is 30.9 Å². The van der Waals surface area contributed by atoms with Crippen LogP contribution in [0.4, 0.5) is 11.4 Å². The Morgan fingerprint density at radius 3 is 2.77 bits per heavy atom. The summed E-state index contributed by atoms with van der Waals surface area (Å²) in [6.07, 6.45) is 3.99. The summed E-state index contributed by atoms with van der Waals surface area (Å²) in [5.74, 6) is -0.323. The second-order valence-corrected chi connectivity index (χ2v) is 5.32. The highest BCUT2D eigenvalue weighted by Gasteiger charge is 2.15. The van der Waals surface area contributed by atoms with Gasteiger partial charge in [0, 0.05) is 29.1 Å². The molecule has 6 nitrogen and oxygen atoms in total. The van der Waals surface area contributed by atoms with Crippen LogP contribution in [0.25, 0.3) is 0 Å². The zero-order chi connectivity index (χ0) is 16.1. The number of carbonyl (C=O) groups is 1. The molecule has 0 saturated heterocycles. The quantitative estimate of drug-likeness (QED) is 0.518. The van der Waals surface area contributed by atoms with Gasteiger partial charge in [0.15, 0.2) is 0 Å². The van der Waals surface area contributed by atoms with Crippen molar-refractivity contribution in [3.8, 4) is 0 Å². The Labute approximate surface area is 132 Å². The average molecular weight is 317 g/mol. The van der Waals surface area contributed by atoms with E-state index in [1.165, 1.54) is 17.8 Å². The van der Waals surface area contributed by atoms with Crippen LogP contribution in [0.3, 0.4) is 0 Å². The Morgan fingerprint density at radius 1 is 1.36 bits per heavy atom. The molecule has 0 spiro atoms. The van der Waals surface area contributed by atoms with Gasteiger partial charge in [-0.3, -0.25) is 14.9 Å². The standard InChI is InChI=1S/C15H15N3O3S/c1-3-10-4-5-12(9-13(10)18(20)21)17-15(19)11-6-7-16-14(8-11)22-2/h4-9H,3H2,1-2H3,(H,17,19). The third kappa shape index (κ3) is 3.62. The Kier molecular flexibility index (Phi) is 5.11. The van der Waals surface area contributed by atoms with Crippen molar-refractivity contribution in [2.45, 2.75) is 18.4 Å². The highest BCUT2D eigenvalue weighted by Crippen LogP contribution is 2.24. The molecule has 2 aromatic rings. The van der Waals surface area contributed by atoms with E-state index in [-0.39, 0.29) is 11.6 Å². The van der Waals surface area contributed by atoms with Gasteiger partial charge < -0.3 is 5.32 Å². The van der Waals surface area contributed by atoms with E-state index < -0.39 is 4.92 Å². The van der Waals surface area contributed by atoms with Crippen LogP contribution in [0.5, 0.6) is 0 Å². The first-order valence-electron chi connectivity index (χ1n) is 6.64. The normalized spacial score (nSPS) is 10.3. The number of nitrogens with one attached hydrogen (secondary N) is 1. The third-order valence-corrected chi connectivity index (χ3v) is 3.77. The minimum absolute atomic E-state index is 0.0137. The molecule has 7 heteroatoms. The lowest BCUT2D eigenvalue weighted by Crippen LogP contribution is -2.12. The summed E-state index contributed by atoms with van der Waals surface area (Å²) in [6, 6.07) is 7.99. The van der Waals surface area contributed by atoms with Crippen LogP contribution in [0.15, 0.2) is 41.6 Å². The van der Waals surface area contributed by atoms with Crippen molar-refractivity contribution in [1.29, 1.82) is 0 Å². The van der Waals surface area contributed by atoms with Gasteiger partial charge >= 0.3 is 0 Å². The second-order valence-electron chi connectivity index (χ2n) is 4.50. The highest BCUT2D eigenvalue weighted by atomic mass is 32.2. The van der Waals surface area contributed by atoms with E-state index in [2.05, 4.69) is 10.3 Å². The molecule has 0 fully saturated rings. The minimum Gasteiger partial charge on any atom is -0.322 e. The molecular formula is C15H15N3O3S. The molecule has 0 atom stereocenters. The first-order valence-corrected chi connectivity index (χ1v) is 7.86. The molecule has 0 aliphatic rings. The van der Waals surface area contributed by atoms with Crippen LogP contribution in [-0.2, 0) is 6.42 Å². The van der Waals surface area contributed by atoms with Gasteiger partial charge in [-0.2, -0.15) is 0 Å². The lowest BCUT2D eigenvalue weighted by atomic mass is 10.1. The van der Waals surface area contributed by atoms with Crippen LogP contribution in [0, 0.1) is 10.1 Å². The number of nitrogens with zero attached hydrogens (tertiary/aromatic N) is 2. The molecule has 1 aromatic heterocycles. The fraction of sp³-hybridized carbons (Fsp3) is 0.200. The number of benzene rings is 1. The topological polar surface area (TPSA) is 85.1 Å². The number of hydrogen-bond donors (Lipinski definition) is 1. The lowest BCUT2D eigenvalue weighted by Gasteiger charge is -2.07. The Hall–Kier alpha value is -2.41. The predicted molar refractivity (Wildman–Crippen MR) is 86.4 cm³/mol. The second kappa shape index (κ2) is 7.04. The number of hydrogen-bond acceptors (Lipinski definition) is 5. The molecule has 1 heterocycles. The van der Waals surface area contributed by atoms with Gasteiger partial charge in [0.2, 0.25) is 0 Å². The predicted octanol–water partition coefficient (Wildman–Crippen LogP) is 3.53. The summed E-state index contributed by atoms with van der Waals surface area (Å²) in [5, 5.41) is 14.5. The highest BCUT2D eigenvalue weighted by molar-refractivity contribution is 7.98. The number of aromatic nitrogens is 1. The van der Waals surface area contributed by atoms with Gasteiger partial charge in [0.05, 0.1) is 9.95 Å². The largest absolute Gasteiger partial charge is 0.322 e. The molecule has 114 valence electrons. The van der Waals surface area contributed by atoms with Crippen molar-refractivity contribution in [2.24, 2.45) is 0 Å². The number of thioether (sulfide) groups is 1. The molecule has 2 rings (SSSR count). The molecule has 1 N–H and O–H groups in total. The first kappa shape index (κ1) is 16.0. The number of nitro groups is 1. The maximum atomic E-state index is 12.2. The number of carbonyl (C=O) groups excluding carboxylic acids is 1. The van der Waals surface area contributed by atoms with Gasteiger partial charge in [-0.1, -0.05) is 13.0 Å².